The molecule has 1 aromatic rings. The van der Waals surface area contributed by atoms with E-state index in [4.69, 9.17) is 9.47 Å². The molecule has 2 aliphatic carbocycles. The van der Waals surface area contributed by atoms with Crippen molar-refractivity contribution in [2.75, 3.05) is 20.7 Å². The zero-order chi connectivity index (χ0) is 18.8. The van der Waals surface area contributed by atoms with Crippen molar-refractivity contribution < 1.29 is 14.6 Å². The van der Waals surface area contributed by atoms with Crippen molar-refractivity contribution in [3.8, 4) is 11.5 Å². The molecular formula is C23H31NO3. The number of likely N-dealkylation sites (N-methyl/N-ethyl adjacent to an activating group) is 1. The van der Waals surface area contributed by atoms with Crippen LogP contribution in [-0.2, 0) is 11.8 Å². The Balaban J connectivity index is 1.64. The molecule has 2 aliphatic heterocycles. The van der Waals surface area contributed by atoms with Gasteiger partial charge in [-0.2, -0.15) is 0 Å². The highest BCUT2D eigenvalue weighted by molar-refractivity contribution is 5.62. The van der Waals surface area contributed by atoms with Gasteiger partial charge in [0.15, 0.2) is 11.5 Å². The monoisotopic (exact) mass is 369 g/mol. The first-order valence-corrected chi connectivity index (χ1v) is 10.6. The number of unbranched alkanes of at least 4 members (excludes halogenated alkanes) is 1. The first-order chi connectivity index (χ1) is 13.1. The van der Waals surface area contributed by atoms with Crippen LogP contribution >= 0.6 is 0 Å². The van der Waals surface area contributed by atoms with Gasteiger partial charge in [-0.25, -0.2) is 0 Å². The molecule has 2 bridgehead atoms. The summed E-state index contributed by atoms with van der Waals surface area (Å²) in [4.78, 5) is 2.54. The number of methoxy groups -OCH3 is 1. The maximum Gasteiger partial charge on any atom is 0.166 e. The number of aliphatic hydroxyl groups is 1. The van der Waals surface area contributed by atoms with Crippen LogP contribution in [0, 0.1) is 5.92 Å². The lowest BCUT2D eigenvalue weighted by atomic mass is 9.52. The van der Waals surface area contributed by atoms with Gasteiger partial charge in [-0.1, -0.05) is 25.8 Å². The van der Waals surface area contributed by atoms with E-state index in [1.807, 2.05) is 0 Å². The standard InChI is InChI=1S/C23H31NO3/c1-4-5-6-18(25)15-11-16-17-12-14-7-8-19(26-3)22-21(14)23(16,9-10-24(17)2)20(13-15)27-22/h7-8,13,16-18,20,25H,4-6,9-12H2,1-3H3. The molecule has 1 fully saturated rings. The Hall–Kier alpha value is -1.52. The van der Waals surface area contributed by atoms with E-state index >= 15 is 0 Å². The van der Waals surface area contributed by atoms with Gasteiger partial charge in [0.1, 0.15) is 6.10 Å². The predicted octanol–water partition coefficient (Wildman–Crippen LogP) is 3.45. The lowest BCUT2D eigenvalue weighted by Gasteiger charge is -2.57. The molecule has 2 heterocycles. The topological polar surface area (TPSA) is 41.9 Å². The number of nitrogens with zero attached hydrogens (tertiary/aromatic N) is 1. The molecule has 1 N–H and O–H groups in total. The molecule has 5 rings (SSSR count). The Morgan fingerprint density at radius 2 is 2.22 bits per heavy atom. The van der Waals surface area contributed by atoms with Gasteiger partial charge in [-0.05, 0) is 68.5 Å². The van der Waals surface area contributed by atoms with Gasteiger partial charge in [0, 0.05) is 17.0 Å². The summed E-state index contributed by atoms with van der Waals surface area (Å²) in [7, 11) is 4.00. The van der Waals surface area contributed by atoms with Crippen LogP contribution in [0.1, 0.15) is 50.2 Å². The van der Waals surface area contributed by atoms with Crippen LogP contribution in [-0.4, -0.2) is 49.0 Å². The Bertz CT molecular complexity index is 788. The van der Waals surface area contributed by atoms with Crippen molar-refractivity contribution in [1.82, 2.24) is 4.90 Å². The van der Waals surface area contributed by atoms with Gasteiger partial charge in [0.25, 0.3) is 0 Å². The van der Waals surface area contributed by atoms with Crippen LogP contribution in [0.15, 0.2) is 23.8 Å². The largest absolute Gasteiger partial charge is 0.493 e. The highest BCUT2D eigenvalue weighted by Crippen LogP contribution is 2.63. The first kappa shape index (κ1) is 17.6. The highest BCUT2D eigenvalue weighted by Gasteiger charge is 2.63. The van der Waals surface area contributed by atoms with Crippen molar-refractivity contribution in [2.24, 2.45) is 5.92 Å². The van der Waals surface area contributed by atoms with E-state index in [2.05, 4.69) is 37.1 Å². The quantitative estimate of drug-likeness (QED) is 0.807. The zero-order valence-electron chi connectivity index (χ0n) is 16.7. The molecule has 4 aliphatic rings. The average Bonchev–Trinajstić information content (AvgIpc) is 3.02. The third-order valence-electron chi connectivity index (χ3n) is 7.73. The lowest BCUT2D eigenvalue weighted by Crippen LogP contribution is -2.63. The number of piperidine rings is 1. The minimum absolute atomic E-state index is 0.0316. The minimum atomic E-state index is -0.330. The van der Waals surface area contributed by atoms with Gasteiger partial charge >= 0.3 is 0 Å². The summed E-state index contributed by atoms with van der Waals surface area (Å²) < 4.78 is 12.2. The molecule has 146 valence electrons. The van der Waals surface area contributed by atoms with Crippen molar-refractivity contribution in [1.29, 1.82) is 0 Å². The van der Waals surface area contributed by atoms with Crippen molar-refractivity contribution in [3.63, 3.8) is 0 Å². The number of hydrogen-bond donors (Lipinski definition) is 1. The summed E-state index contributed by atoms with van der Waals surface area (Å²) >= 11 is 0. The van der Waals surface area contributed by atoms with E-state index in [9.17, 15) is 5.11 Å². The maximum atomic E-state index is 10.8. The number of aliphatic hydroxyl groups excluding tert-OH is 1. The molecule has 0 aromatic heterocycles. The molecule has 0 saturated carbocycles. The molecule has 5 unspecified atom stereocenters. The second-order valence-electron chi connectivity index (χ2n) is 8.92. The van der Waals surface area contributed by atoms with E-state index in [1.54, 1.807) is 7.11 Å². The Morgan fingerprint density at radius 3 is 3.00 bits per heavy atom. The predicted molar refractivity (Wildman–Crippen MR) is 106 cm³/mol. The summed E-state index contributed by atoms with van der Waals surface area (Å²) in [6.45, 7) is 3.29. The van der Waals surface area contributed by atoms with Crippen LogP contribution in [0.2, 0.25) is 0 Å². The molecule has 5 atom stereocenters. The molecule has 4 nitrogen and oxygen atoms in total. The fraction of sp³-hybridized carbons (Fsp3) is 0.652. The molecule has 0 amide bonds. The Labute approximate surface area is 162 Å². The molecular weight excluding hydrogens is 338 g/mol. The zero-order valence-corrected chi connectivity index (χ0v) is 16.7. The van der Waals surface area contributed by atoms with Crippen LogP contribution < -0.4 is 9.47 Å². The van der Waals surface area contributed by atoms with Crippen molar-refractivity contribution in [2.45, 2.75) is 69.1 Å². The van der Waals surface area contributed by atoms with Crippen LogP contribution in [0.5, 0.6) is 11.5 Å². The summed E-state index contributed by atoms with van der Waals surface area (Å²) in [5.74, 6) is 2.34. The highest BCUT2D eigenvalue weighted by atomic mass is 16.5. The second-order valence-corrected chi connectivity index (χ2v) is 8.92. The van der Waals surface area contributed by atoms with Crippen LogP contribution in [0.25, 0.3) is 0 Å². The Morgan fingerprint density at radius 1 is 1.37 bits per heavy atom. The summed E-state index contributed by atoms with van der Waals surface area (Å²) in [5.41, 5.74) is 4.11. The molecule has 4 heteroatoms. The third kappa shape index (κ3) is 2.29. The average molecular weight is 370 g/mol. The lowest BCUT2D eigenvalue weighted by molar-refractivity contribution is -0.0109. The Kier molecular flexibility index (Phi) is 4.07. The maximum absolute atomic E-state index is 10.8. The summed E-state index contributed by atoms with van der Waals surface area (Å²) in [6.07, 6.45) is 8.21. The molecule has 1 saturated heterocycles. The van der Waals surface area contributed by atoms with Gasteiger partial charge < -0.3 is 19.5 Å². The number of likely N-dealkylation sites (tertiary alicyclic amines) is 1. The number of benzene rings is 1. The minimum Gasteiger partial charge on any atom is -0.493 e. The van der Waals surface area contributed by atoms with Gasteiger partial charge in [0.05, 0.1) is 13.2 Å². The molecule has 1 spiro atoms. The smallest absolute Gasteiger partial charge is 0.166 e. The van der Waals surface area contributed by atoms with Crippen LogP contribution in [0.4, 0.5) is 0 Å². The second kappa shape index (κ2) is 6.25. The van der Waals surface area contributed by atoms with E-state index in [1.165, 1.54) is 16.7 Å². The van der Waals surface area contributed by atoms with Crippen molar-refractivity contribution in [3.05, 3.63) is 34.9 Å². The third-order valence-corrected chi connectivity index (χ3v) is 7.73. The summed E-state index contributed by atoms with van der Waals surface area (Å²) in [6, 6.07) is 4.85. The SMILES string of the molecule is CCCCC(O)C1=CC2Oc3c(OC)ccc4c3C23CCN(C)C(C4)C3C1. The molecule has 0 radical (unpaired) electrons. The van der Waals surface area contributed by atoms with Gasteiger partial charge in [0.2, 0.25) is 0 Å². The van der Waals surface area contributed by atoms with E-state index in [-0.39, 0.29) is 17.6 Å². The first-order valence-electron chi connectivity index (χ1n) is 10.6. The molecule has 27 heavy (non-hydrogen) atoms. The van der Waals surface area contributed by atoms with Gasteiger partial charge in [-0.15, -0.1) is 0 Å². The fourth-order valence-corrected chi connectivity index (χ4v) is 6.33. The number of hydrogen-bond acceptors (Lipinski definition) is 4. The van der Waals surface area contributed by atoms with E-state index in [0.717, 1.165) is 56.6 Å². The van der Waals surface area contributed by atoms with E-state index < -0.39 is 0 Å². The fourth-order valence-electron chi connectivity index (χ4n) is 6.33. The normalized spacial score (nSPS) is 34.5. The van der Waals surface area contributed by atoms with Crippen LogP contribution in [0.3, 0.4) is 0 Å². The van der Waals surface area contributed by atoms with Gasteiger partial charge in [-0.3, -0.25) is 0 Å². The number of ether oxygens (including phenoxy) is 2. The summed E-state index contributed by atoms with van der Waals surface area (Å²) in [5, 5.41) is 10.8. The number of rotatable bonds is 5. The van der Waals surface area contributed by atoms with Crippen molar-refractivity contribution >= 4 is 0 Å². The van der Waals surface area contributed by atoms with E-state index in [0.29, 0.717) is 12.0 Å². The molecule has 1 aromatic carbocycles.